The molecule has 2 aromatic rings. The number of hydrogen-bond donors (Lipinski definition) is 1. The van der Waals surface area contributed by atoms with E-state index in [2.05, 4.69) is 21.6 Å². The van der Waals surface area contributed by atoms with Crippen molar-refractivity contribution in [3.05, 3.63) is 52.5 Å². The molecule has 0 atom stereocenters. The van der Waals surface area contributed by atoms with E-state index in [1.54, 1.807) is 6.08 Å². The lowest BCUT2D eigenvalue weighted by molar-refractivity contribution is 1.05. The van der Waals surface area contributed by atoms with Crippen LogP contribution >= 0.6 is 0 Å². The Kier molecular flexibility index (Phi) is 2.44. The fourth-order valence-electron chi connectivity index (χ4n) is 1.67. The van der Waals surface area contributed by atoms with Crippen LogP contribution < -0.4 is 0 Å². The Labute approximate surface area is 86.9 Å². The molecule has 0 aliphatic heterocycles. The Bertz CT molecular complexity index is 547. The third-order valence-corrected chi connectivity index (χ3v) is 2.34. The minimum absolute atomic E-state index is 0.349. The third-order valence-electron chi connectivity index (χ3n) is 2.34. The molecule has 1 aromatic heterocycles. The second-order valence-electron chi connectivity index (χ2n) is 3.16. The number of nitrogens with one attached hydrogen (secondary N) is 1. The minimum atomic E-state index is 0.349. The topological polar surface area (TPSA) is 64.5 Å². The van der Waals surface area contributed by atoms with Crippen LogP contribution in [0.2, 0.25) is 0 Å². The number of azide groups is 1. The first-order valence-electron chi connectivity index (χ1n) is 4.59. The summed E-state index contributed by atoms with van der Waals surface area (Å²) in [5.74, 6) is 0. The summed E-state index contributed by atoms with van der Waals surface area (Å²) in [4.78, 5) is 5.99. The first-order chi connectivity index (χ1) is 7.36. The normalized spacial score (nSPS) is 9.87. The molecular weight excluding hydrogens is 188 g/mol. The van der Waals surface area contributed by atoms with Crippen LogP contribution in [-0.2, 0) is 6.54 Å². The standard InChI is InChI=1S/C11H10N4/c1-2-10-9(7-13-15-12)8-5-3-4-6-11(8)14-10/h2-6,14H,1,7H2. The van der Waals surface area contributed by atoms with Crippen molar-refractivity contribution < 1.29 is 0 Å². The number of rotatable bonds is 3. The van der Waals surface area contributed by atoms with Gasteiger partial charge in [-0.3, -0.25) is 0 Å². The quantitative estimate of drug-likeness (QED) is 0.444. The Morgan fingerprint density at radius 3 is 3.00 bits per heavy atom. The molecule has 0 saturated heterocycles. The number of aromatic nitrogens is 1. The summed E-state index contributed by atoms with van der Waals surface area (Å²) in [6.45, 7) is 4.08. The van der Waals surface area contributed by atoms with E-state index in [1.165, 1.54) is 0 Å². The number of hydrogen-bond acceptors (Lipinski definition) is 1. The molecule has 0 bridgehead atoms. The van der Waals surface area contributed by atoms with Crippen LogP contribution in [0.4, 0.5) is 0 Å². The summed E-state index contributed by atoms with van der Waals surface area (Å²) in [6.07, 6.45) is 1.74. The van der Waals surface area contributed by atoms with Crippen molar-refractivity contribution in [2.45, 2.75) is 6.54 Å². The van der Waals surface area contributed by atoms with E-state index in [0.717, 1.165) is 22.2 Å². The predicted molar refractivity (Wildman–Crippen MR) is 61.2 cm³/mol. The van der Waals surface area contributed by atoms with Gasteiger partial charge in [-0.05, 0) is 23.2 Å². The molecule has 0 radical (unpaired) electrons. The van der Waals surface area contributed by atoms with Gasteiger partial charge in [-0.25, -0.2) is 0 Å². The summed E-state index contributed by atoms with van der Waals surface area (Å²) >= 11 is 0. The summed E-state index contributed by atoms with van der Waals surface area (Å²) in [5, 5.41) is 4.67. The van der Waals surface area contributed by atoms with Gasteiger partial charge in [0.15, 0.2) is 0 Å². The van der Waals surface area contributed by atoms with Gasteiger partial charge in [-0.2, -0.15) is 0 Å². The van der Waals surface area contributed by atoms with E-state index in [4.69, 9.17) is 5.53 Å². The Morgan fingerprint density at radius 1 is 1.47 bits per heavy atom. The Morgan fingerprint density at radius 2 is 2.27 bits per heavy atom. The smallest absolute Gasteiger partial charge is 0.0538 e. The van der Waals surface area contributed by atoms with Crippen molar-refractivity contribution in [2.75, 3.05) is 0 Å². The molecule has 4 heteroatoms. The van der Waals surface area contributed by atoms with Crippen LogP contribution in [0.1, 0.15) is 11.3 Å². The molecule has 74 valence electrons. The molecule has 0 fully saturated rings. The lowest BCUT2D eigenvalue weighted by Crippen LogP contribution is -1.81. The predicted octanol–water partition coefficient (Wildman–Crippen LogP) is 3.62. The molecule has 0 saturated carbocycles. The maximum Gasteiger partial charge on any atom is 0.0538 e. The van der Waals surface area contributed by atoms with E-state index < -0.39 is 0 Å². The van der Waals surface area contributed by atoms with E-state index >= 15 is 0 Å². The van der Waals surface area contributed by atoms with Crippen molar-refractivity contribution in [1.29, 1.82) is 0 Å². The van der Waals surface area contributed by atoms with Crippen molar-refractivity contribution in [2.24, 2.45) is 5.11 Å². The van der Waals surface area contributed by atoms with Gasteiger partial charge in [0.2, 0.25) is 0 Å². The summed E-state index contributed by atoms with van der Waals surface area (Å²) in [7, 11) is 0. The summed E-state index contributed by atoms with van der Waals surface area (Å²) in [6, 6.07) is 7.91. The van der Waals surface area contributed by atoms with Crippen LogP contribution in [0.5, 0.6) is 0 Å². The second kappa shape index (κ2) is 3.90. The number of aromatic amines is 1. The highest BCUT2D eigenvalue weighted by atomic mass is 15.1. The van der Waals surface area contributed by atoms with Gasteiger partial charge in [0, 0.05) is 21.5 Å². The average Bonchev–Trinajstić information content (AvgIpc) is 2.64. The molecule has 1 N–H and O–H groups in total. The van der Waals surface area contributed by atoms with Gasteiger partial charge >= 0.3 is 0 Å². The molecule has 0 aliphatic rings. The molecule has 0 unspecified atom stereocenters. The number of nitrogens with zero attached hydrogens (tertiary/aromatic N) is 3. The number of H-pyrrole nitrogens is 1. The zero-order valence-electron chi connectivity index (χ0n) is 8.14. The molecular formula is C11H10N4. The summed E-state index contributed by atoms with van der Waals surface area (Å²) in [5.41, 5.74) is 11.3. The fourth-order valence-corrected chi connectivity index (χ4v) is 1.67. The number of para-hydroxylation sites is 1. The third kappa shape index (κ3) is 1.58. The molecule has 2 rings (SSSR count). The lowest BCUT2D eigenvalue weighted by Gasteiger charge is -1.94. The van der Waals surface area contributed by atoms with Gasteiger partial charge in [-0.1, -0.05) is 29.9 Å². The largest absolute Gasteiger partial charge is 0.355 e. The molecule has 15 heavy (non-hydrogen) atoms. The highest BCUT2D eigenvalue weighted by Gasteiger charge is 2.06. The van der Waals surface area contributed by atoms with Crippen molar-refractivity contribution in [3.8, 4) is 0 Å². The Hall–Kier alpha value is -2.19. The van der Waals surface area contributed by atoms with Crippen LogP contribution in [0.25, 0.3) is 27.4 Å². The molecule has 0 spiro atoms. The molecule has 1 heterocycles. The SMILES string of the molecule is C=Cc1[nH]c2ccccc2c1CN=[N+]=[N-]. The van der Waals surface area contributed by atoms with Crippen LogP contribution in [0, 0.1) is 0 Å². The van der Waals surface area contributed by atoms with E-state index in [1.807, 2.05) is 24.3 Å². The Balaban J connectivity index is 2.66. The van der Waals surface area contributed by atoms with E-state index in [9.17, 15) is 0 Å². The molecule has 0 aliphatic carbocycles. The number of benzene rings is 1. The second-order valence-corrected chi connectivity index (χ2v) is 3.16. The zero-order chi connectivity index (χ0) is 10.7. The number of fused-ring (bicyclic) bond motifs is 1. The van der Waals surface area contributed by atoms with Gasteiger partial charge < -0.3 is 4.98 Å². The average molecular weight is 198 g/mol. The van der Waals surface area contributed by atoms with Crippen molar-refractivity contribution >= 4 is 17.0 Å². The lowest BCUT2D eigenvalue weighted by atomic mass is 10.1. The van der Waals surface area contributed by atoms with Gasteiger partial charge in [0.1, 0.15) is 0 Å². The highest BCUT2D eigenvalue weighted by molar-refractivity contribution is 5.87. The summed E-state index contributed by atoms with van der Waals surface area (Å²) < 4.78 is 0. The van der Waals surface area contributed by atoms with Gasteiger partial charge in [0.25, 0.3) is 0 Å². The maximum atomic E-state index is 8.32. The maximum absolute atomic E-state index is 8.32. The fraction of sp³-hybridized carbons (Fsp3) is 0.0909. The van der Waals surface area contributed by atoms with Crippen molar-refractivity contribution in [3.63, 3.8) is 0 Å². The van der Waals surface area contributed by atoms with E-state index in [0.29, 0.717) is 6.54 Å². The zero-order valence-corrected chi connectivity index (χ0v) is 8.14. The first-order valence-corrected chi connectivity index (χ1v) is 4.59. The van der Waals surface area contributed by atoms with Crippen LogP contribution in [0.3, 0.4) is 0 Å². The molecule has 0 amide bonds. The van der Waals surface area contributed by atoms with Crippen LogP contribution in [-0.4, -0.2) is 4.98 Å². The monoisotopic (exact) mass is 198 g/mol. The minimum Gasteiger partial charge on any atom is -0.355 e. The molecule has 4 nitrogen and oxygen atoms in total. The van der Waals surface area contributed by atoms with Crippen LogP contribution in [0.15, 0.2) is 36.0 Å². The van der Waals surface area contributed by atoms with Crippen molar-refractivity contribution in [1.82, 2.24) is 4.98 Å². The van der Waals surface area contributed by atoms with E-state index in [-0.39, 0.29) is 0 Å². The van der Waals surface area contributed by atoms with Gasteiger partial charge in [0.05, 0.1) is 6.54 Å². The molecule has 1 aromatic carbocycles. The van der Waals surface area contributed by atoms with Gasteiger partial charge in [-0.15, -0.1) is 0 Å². The first kappa shape index (κ1) is 9.37. The highest BCUT2D eigenvalue weighted by Crippen LogP contribution is 2.23.